The summed E-state index contributed by atoms with van der Waals surface area (Å²) in [4.78, 5) is 75.2. The molecule has 3 fully saturated rings. The van der Waals surface area contributed by atoms with Gasteiger partial charge in [-0.15, -0.1) is 12.4 Å². The number of carbonyl (C=O) groups is 7. The predicted molar refractivity (Wildman–Crippen MR) is 407 cm³/mol. The van der Waals surface area contributed by atoms with Crippen LogP contribution in [0.5, 0.6) is 0 Å². The number of allylic oxidation sites excluding steroid dienone is 1. The number of alkyl halides is 3. The number of carbonyl (C=O) groups excluding carboxylic acids is 7. The molecule has 3 saturated heterocycles. The van der Waals surface area contributed by atoms with Crippen LogP contribution in [0.3, 0.4) is 0 Å². The van der Waals surface area contributed by atoms with Gasteiger partial charge in [0.05, 0.1) is 72.0 Å². The molecule has 35 heteroatoms. The van der Waals surface area contributed by atoms with E-state index < -0.39 is 27.8 Å². The summed E-state index contributed by atoms with van der Waals surface area (Å²) in [6.45, 7) is 47.6. The number of rotatable bonds is 24. The van der Waals surface area contributed by atoms with E-state index in [9.17, 15) is 33.6 Å². The molecule has 0 aromatic rings. The number of esters is 3. The normalized spacial score (nSPS) is 14.9. The van der Waals surface area contributed by atoms with Gasteiger partial charge >= 0.3 is 36.8 Å². The van der Waals surface area contributed by atoms with Gasteiger partial charge in [0.2, 0.25) is 0 Å². The average Bonchev–Trinajstić information content (AvgIpc) is 1.72. The summed E-state index contributed by atoms with van der Waals surface area (Å²) in [6, 6.07) is 0. The molecule has 4 heterocycles. The smallest absolute Gasteiger partial charge is 1.00 e. The van der Waals surface area contributed by atoms with Crippen molar-refractivity contribution in [1.29, 1.82) is 1.34 Å². The van der Waals surface area contributed by atoms with Crippen LogP contribution in [-0.4, -0.2) is 245 Å². The van der Waals surface area contributed by atoms with Gasteiger partial charge in [-0.3, -0.25) is 45.2 Å². The molecule has 4 aliphatic rings. The van der Waals surface area contributed by atoms with Crippen molar-refractivity contribution < 1.29 is 164 Å². The van der Waals surface area contributed by atoms with Crippen molar-refractivity contribution in [3.8, 4) is 0 Å². The number of halogens is 4. The van der Waals surface area contributed by atoms with Gasteiger partial charge in [0.15, 0.2) is 39.0 Å². The Morgan fingerprint density at radius 1 is 0.653 bits per heavy atom. The van der Waals surface area contributed by atoms with Crippen molar-refractivity contribution in [3.05, 3.63) is 12.2 Å². The number of hydrazine groups is 1. The number of hydrazone groups is 1. The molecule has 4 aliphatic heterocycles. The molecule has 0 bridgehead atoms. The average molecular weight is 1790 g/mol. The fourth-order valence-electron chi connectivity index (χ4n) is 7.23. The minimum absolute atomic E-state index is 0. The molecule has 6 unspecified atom stereocenters. The molecule has 0 amide bonds. The number of nitrogens with zero attached hydrogens (tertiary/aromatic N) is 1. The minimum Gasteiger partial charge on any atom is -1.00 e. The first-order chi connectivity index (χ1) is 45.8. The van der Waals surface area contributed by atoms with Gasteiger partial charge in [0.25, 0.3) is 0 Å². The first kappa shape index (κ1) is 136. The maximum atomic E-state index is 11.6. The molecule has 6 atom stereocenters. The Labute approximate surface area is 681 Å². The van der Waals surface area contributed by atoms with E-state index in [0.29, 0.717) is 64.0 Å². The molecule has 0 aromatic heterocycles. The number of ether oxygens (including phenoxy) is 9. The molecule has 2 radical (unpaired) electrons. The Balaban J connectivity index is -0.0000000526. The quantitative estimate of drug-likeness (QED) is 0.00973. The summed E-state index contributed by atoms with van der Waals surface area (Å²) in [5, 5.41) is 51.3. The Hall–Kier alpha value is -0.893. The van der Waals surface area contributed by atoms with Crippen molar-refractivity contribution in [3.63, 3.8) is 0 Å². The zero-order chi connectivity index (χ0) is 78.4. The molecular weight excluding hydrogens is 1640 g/mol. The SMILES string of the molecule is C1CCOC1.C=C(CC)C(C)=O.CCC(CO)C(C)=O.CCC(CO)C1(C)OCCO1.CCC(COC(C)=O)C(C)=O.CCC1CNN=C1C.CCO.CCOC(=O)C(CC)C(C)=O.CCOC(=O)C(CC)C1(C)OCCO1.CCOCC.CO.Cl.ClC(Cl)Cl.NN.O.OCCO.[2H][B].[AlH3].[H-].[Li+].[U]. The predicted octanol–water partition coefficient (Wildman–Crippen LogP) is 3.67. The second kappa shape index (κ2) is 103. The van der Waals surface area contributed by atoms with E-state index in [-0.39, 0.29) is 185 Å². The van der Waals surface area contributed by atoms with Crippen LogP contribution >= 0.6 is 47.2 Å². The number of aliphatic hydroxyl groups excluding tert-OH is 6. The molecule has 0 aliphatic carbocycles. The number of nitrogens with two attached hydrogens (primary N) is 2. The van der Waals surface area contributed by atoms with Crippen molar-refractivity contribution in [2.45, 2.75) is 212 Å². The van der Waals surface area contributed by atoms with Gasteiger partial charge in [-0.05, 0) is 148 Å². The van der Waals surface area contributed by atoms with Crippen LogP contribution in [0.2, 0.25) is 0 Å². The van der Waals surface area contributed by atoms with E-state index in [0.717, 1.165) is 65.8 Å². The number of aliphatic hydroxyl groups is 6. The van der Waals surface area contributed by atoms with Crippen LogP contribution in [0.25, 0.3) is 0 Å². The zero-order valence-corrected chi connectivity index (χ0v) is 72.3. The van der Waals surface area contributed by atoms with Gasteiger partial charge in [0.1, 0.15) is 35.8 Å². The van der Waals surface area contributed by atoms with Crippen molar-refractivity contribution in [1.82, 2.24) is 5.43 Å². The zero-order valence-electron chi connectivity index (χ0n) is 67.1. The number of Topliss-reactive ketones (excluding diaryl/α,β-unsaturated/α-hetero) is 4. The van der Waals surface area contributed by atoms with Crippen molar-refractivity contribution in [2.24, 2.45) is 52.3 Å². The molecule has 27 nitrogen and oxygen atoms in total. The Bertz CT molecular complexity index is 1820. The molecule has 13 N–H and O–H groups in total. The molecule has 0 saturated carbocycles. The summed E-state index contributed by atoms with van der Waals surface area (Å²) >= 11 is 14.4. The number of ketones is 4. The van der Waals surface area contributed by atoms with Crippen LogP contribution < -0.4 is 36.0 Å². The van der Waals surface area contributed by atoms with Crippen LogP contribution in [0, 0.1) is 66.6 Å². The van der Waals surface area contributed by atoms with Crippen LogP contribution in [0.1, 0.15) is 198 Å². The molecule has 0 spiro atoms. The van der Waals surface area contributed by atoms with E-state index in [1.807, 2.05) is 55.4 Å². The molecule has 101 heavy (non-hydrogen) atoms. The first-order valence-electron chi connectivity index (χ1n) is 33.3. The third kappa shape index (κ3) is 93.3. The van der Waals surface area contributed by atoms with E-state index in [1.54, 1.807) is 34.6 Å². The maximum Gasteiger partial charge on any atom is 1.00 e. The van der Waals surface area contributed by atoms with Crippen LogP contribution in [0.4, 0.5) is 0 Å². The first-order valence-corrected chi connectivity index (χ1v) is 34.0. The van der Waals surface area contributed by atoms with Crippen molar-refractivity contribution >= 4 is 120 Å². The Kier molecular flexibility index (Phi) is 139. The monoisotopic (exact) mass is 1780 g/mol. The topological polar surface area (TPSA) is 432 Å². The Morgan fingerprint density at radius 2 is 1.04 bits per heavy atom. The van der Waals surface area contributed by atoms with E-state index in [1.165, 1.54) is 59.6 Å². The Morgan fingerprint density at radius 3 is 1.22 bits per heavy atom. The molecular formula is C66H143AlBCl4LiN4O23U. The fourth-order valence-corrected chi connectivity index (χ4v) is 7.23. The van der Waals surface area contributed by atoms with E-state index >= 15 is 0 Å². The van der Waals surface area contributed by atoms with Crippen molar-refractivity contribution in [2.75, 3.05) is 119 Å². The number of nitrogens with one attached hydrogen (secondary N) is 1. The molecule has 0 aromatic carbocycles. The maximum absolute atomic E-state index is 11.6. The fraction of sp³-hybridized carbons (Fsp3) is 0.848. The standard InChI is InChI=1S/C10H18O4.C8H16O3.2C8H14O3.C6H12N2.C6H12O2.C6H10O.C4H8O.C4H10O.C2H6O2.C2H6O.CHCl3.CH4O.Al.BH.ClH.Li.H4N2.H2O.U.4H/c1-4-8(9(11)12-5-2)10(3)13-6-7-14-10;1-3-7(6-9)8(2)10-4-5-11-8;1-4-8(6(2)9)5-11-7(3)10;1-4-7(6(3)9)8(10)11-5-2;1-3-6-4-7-8-5(6)2;1-3-6(4-7)5(2)8;1-4-5(2)6(3)7;1-2-4-5-3-1;1-3-5-4-2;3-1-2-4;1-2-3;2-1(3)4;1-2;;;;;1-2;;;;;;/h8H,4-7H2,1-3H3;7,9H,3-6H2,1-2H3;8H,4-5H2,1-3H3;7H,4-5H2,1-3H3;2*6-7H,3-4H2,1-2H3;2,4H2,1,3H3;1-4H2;3-4H2,1-2H3;3-4H,1-2H2;3H,2H2,1H3;1H;2H,1H3;;2*1H;;1-2H2;1H2;;;;;/q;;;;;;;;;;;;;;;;+1;;;;;;;-1/i;;;;;;;;;;;;;;1D;;;;;;;;;. The second-order valence-corrected chi connectivity index (χ2v) is 22.0. The third-order valence-corrected chi connectivity index (χ3v) is 13.0. The minimum atomic E-state index is -0.791. The summed E-state index contributed by atoms with van der Waals surface area (Å²) in [5.74, 6) is 5.50. The summed E-state index contributed by atoms with van der Waals surface area (Å²) < 4.78 is 50.3. The van der Waals surface area contributed by atoms with Gasteiger partial charge in [-0.25, -0.2) is 0 Å². The third-order valence-electron chi connectivity index (χ3n) is 13.0. The van der Waals surface area contributed by atoms with Gasteiger partial charge in [-0.1, -0.05) is 89.8 Å². The van der Waals surface area contributed by atoms with E-state index in [4.69, 9.17) is 109 Å². The summed E-state index contributed by atoms with van der Waals surface area (Å²) in [5.41, 5.74) is 4.93. The van der Waals surface area contributed by atoms with Crippen LogP contribution in [-0.2, 0) is 76.2 Å². The number of hydrogen-bond acceptors (Lipinski definition) is 26. The van der Waals surface area contributed by atoms with E-state index in [2.05, 4.69) is 51.0 Å². The molecule has 4 rings (SSSR count). The largest absolute Gasteiger partial charge is 1.00 e. The van der Waals surface area contributed by atoms with Gasteiger partial charge < -0.3 is 85.6 Å². The van der Waals surface area contributed by atoms with Gasteiger partial charge in [0, 0.05) is 117 Å². The summed E-state index contributed by atoms with van der Waals surface area (Å²) in [6.07, 6.45) is 8.07. The van der Waals surface area contributed by atoms with Crippen LogP contribution in [0.15, 0.2) is 17.3 Å². The molecule has 604 valence electrons. The number of hydrogen-bond donors (Lipinski definition) is 9. The van der Waals surface area contributed by atoms with Gasteiger partial charge in [-0.2, -0.15) is 5.10 Å². The second-order valence-electron chi connectivity index (χ2n) is 20.0. The summed E-state index contributed by atoms with van der Waals surface area (Å²) in [7, 11) is 4.75.